The van der Waals surface area contributed by atoms with Crippen molar-refractivity contribution in [3.8, 4) is 0 Å². The van der Waals surface area contributed by atoms with Gasteiger partial charge < -0.3 is 5.73 Å². The zero-order valence-electron chi connectivity index (χ0n) is 12.1. The van der Waals surface area contributed by atoms with Crippen LogP contribution < -0.4 is 5.73 Å². The predicted octanol–water partition coefficient (Wildman–Crippen LogP) is 1.81. The van der Waals surface area contributed by atoms with E-state index in [4.69, 9.17) is 5.73 Å². The van der Waals surface area contributed by atoms with E-state index in [0.717, 1.165) is 30.8 Å². The summed E-state index contributed by atoms with van der Waals surface area (Å²) in [5.41, 5.74) is 7.50. The Morgan fingerprint density at radius 2 is 2.05 bits per heavy atom. The van der Waals surface area contributed by atoms with E-state index in [1.807, 2.05) is 6.07 Å². The molecule has 1 aromatic rings. The third kappa shape index (κ3) is 3.32. The van der Waals surface area contributed by atoms with Crippen LogP contribution in [0.5, 0.6) is 0 Å². The number of hydrogen-bond donors (Lipinski definition) is 1. The molecule has 1 aliphatic heterocycles. The van der Waals surface area contributed by atoms with E-state index in [1.54, 1.807) is 6.07 Å². The van der Waals surface area contributed by atoms with Crippen molar-refractivity contribution in [2.75, 3.05) is 26.7 Å². The van der Waals surface area contributed by atoms with Gasteiger partial charge in [-0.05, 0) is 32.5 Å². The van der Waals surface area contributed by atoms with Gasteiger partial charge in [-0.2, -0.15) is 0 Å². The Bertz CT molecular complexity index is 445. The highest BCUT2D eigenvalue weighted by Gasteiger charge is 2.31. The molecule has 1 aromatic carbocycles. The molecule has 1 heterocycles. The summed E-state index contributed by atoms with van der Waals surface area (Å²) in [6, 6.07) is 5.17. The first-order valence-electron chi connectivity index (χ1n) is 6.83. The molecule has 0 atom stereocenters. The van der Waals surface area contributed by atoms with Crippen molar-refractivity contribution in [2.45, 2.75) is 32.5 Å². The Kier molecular flexibility index (Phi) is 4.23. The molecule has 3 nitrogen and oxygen atoms in total. The second-order valence-corrected chi connectivity index (χ2v) is 6.07. The maximum absolute atomic E-state index is 13.9. The Hall–Kier alpha value is -0.970. The summed E-state index contributed by atoms with van der Waals surface area (Å²) in [5.74, 6) is -0.131. The van der Waals surface area contributed by atoms with Gasteiger partial charge in [-0.15, -0.1) is 0 Å². The number of halogens is 1. The summed E-state index contributed by atoms with van der Waals surface area (Å²) in [6.07, 6.45) is 0. The highest BCUT2D eigenvalue weighted by molar-refractivity contribution is 5.25. The highest BCUT2D eigenvalue weighted by atomic mass is 19.1. The molecule has 0 radical (unpaired) electrons. The van der Waals surface area contributed by atoms with Gasteiger partial charge in [-0.25, -0.2) is 4.39 Å². The van der Waals surface area contributed by atoms with Gasteiger partial charge in [-0.1, -0.05) is 12.1 Å². The van der Waals surface area contributed by atoms with Crippen LogP contribution in [0, 0.1) is 5.82 Å². The Balaban J connectivity index is 2.09. The molecule has 106 valence electrons. The number of rotatable bonds is 3. The molecule has 1 saturated heterocycles. The Morgan fingerprint density at radius 1 is 1.32 bits per heavy atom. The van der Waals surface area contributed by atoms with E-state index >= 15 is 0 Å². The van der Waals surface area contributed by atoms with Crippen LogP contribution in [0.1, 0.15) is 25.0 Å². The van der Waals surface area contributed by atoms with E-state index in [1.165, 1.54) is 6.07 Å². The molecule has 0 spiro atoms. The molecule has 2 rings (SSSR count). The summed E-state index contributed by atoms with van der Waals surface area (Å²) in [7, 11) is 2.15. The molecule has 0 bridgehead atoms. The molecule has 0 saturated carbocycles. The zero-order valence-corrected chi connectivity index (χ0v) is 12.1. The second-order valence-electron chi connectivity index (χ2n) is 6.07. The summed E-state index contributed by atoms with van der Waals surface area (Å²) >= 11 is 0. The lowest BCUT2D eigenvalue weighted by Crippen LogP contribution is -2.57. The molecular formula is C15H24FN3. The van der Waals surface area contributed by atoms with Gasteiger partial charge in [0.05, 0.1) is 0 Å². The molecule has 0 unspecified atom stereocenters. The molecule has 0 aliphatic carbocycles. The molecule has 4 heteroatoms. The molecule has 19 heavy (non-hydrogen) atoms. The molecule has 0 aromatic heterocycles. The maximum atomic E-state index is 13.9. The van der Waals surface area contributed by atoms with Crippen LogP contribution in [0.25, 0.3) is 0 Å². The SMILES string of the molecule is CN1CCN(Cc2cc(CN)ccc2F)CC1(C)C. The minimum Gasteiger partial charge on any atom is -0.326 e. The van der Waals surface area contributed by atoms with E-state index in [-0.39, 0.29) is 11.4 Å². The summed E-state index contributed by atoms with van der Waals surface area (Å²) in [4.78, 5) is 4.68. The molecule has 1 aliphatic rings. The zero-order chi connectivity index (χ0) is 14.0. The first-order valence-corrected chi connectivity index (χ1v) is 6.83. The van der Waals surface area contributed by atoms with E-state index in [2.05, 4.69) is 30.7 Å². The predicted molar refractivity (Wildman–Crippen MR) is 76.3 cm³/mol. The first-order chi connectivity index (χ1) is 8.92. The lowest BCUT2D eigenvalue weighted by molar-refractivity contribution is 0.0355. The van der Waals surface area contributed by atoms with Gasteiger partial charge in [0, 0.05) is 43.8 Å². The minimum atomic E-state index is -0.131. The van der Waals surface area contributed by atoms with Crippen LogP contribution in [-0.4, -0.2) is 42.0 Å². The quantitative estimate of drug-likeness (QED) is 0.904. The van der Waals surface area contributed by atoms with Crippen LogP contribution in [0.3, 0.4) is 0 Å². The van der Waals surface area contributed by atoms with E-state index in [0.29, 0.717) is 13.1 Å². The van der Waals surface area contributed by atoms with Crippen molar-refractivity contribution in [3.63, 3.8) is 0 Å². The fourth-order valence-electron chi connectivity index (χ4n) is 2.59. The van der Waals surface area contributed by atoms with Crippen LogP contribution in [0.4, 0.5) is 4.39 Å². The van der Waals surface area contributed by atoms with Crippen LogP contribution in [0.15, 0.2) is 18.2 Å². The van der Waals surface area contributed by atoms with E-state index in [9.17, 15) is 4.39 Å². The maximum Gasteiger partial charge on any atom is 0.127 e. The Morgan fingerprint density at radius 3 is 2.68 bits per heavy atom. The minimum absolute atomic E-state index is 0.131. The standard InChI is InChI=1S/C15H24FN3/c1-15(2)11-19(7-6-18(15)3)10-13-8-12(9-17)4-5-14(13)16/h4-5,8H,6-7,9-11,17H2,1-3H3. The van der Waals surface area contributed by atoms with Crippen molar-refractivity contribution >= 4 is 0 Å². The van der Waals surface area contributed by atoms with Crippen molar-refractivity contribution in [3.05, 3.63) is 35.1 Å². The van der Waals surface area contributed by atoms with Crippen LogP contribution in [0.2, 0.25) is 0 Å². The van der Waals surface area contributed by atoms with Crippen molar-refractivity contribution < 1.29 is 4.39 Å². The number of nitrogens with zero attached hydrogens (tertiary/aromatic N) is 2. The smallest absolute Gasteiger partial charge is 0.127 e. The summed E-state index contributed by atoms with van der Waals surface area (Å²) in [6.45, 7) is 8.53. The van der Waals surface area contributed by atoms with Gasteiger partial charge in [-0.3, -0.25) is 9.80 Å². The van der Waals surface area contributed by atoms with Gasteiger partial charge in [0.1, 0.15) is 5.82 Å². The average Bonchev–Trinajstić information content (AvgIpc) is 2.36. The molecule has 0 amide bonds. The number of benzene rings is 1. The van der Waals surface area contributed by atoms with Crippen LogP contribution in [-0.2, 0) is 13.1 Å². The monoisotopic (exact) mass is 265 g/mol. The van der Waals surface area contributed by atoms with Gasteiger partial charge in [0.2, 0.25) is 0 Å². The average molecular weight is 265 g/mol. The van der Waals surface area contributed by atoms with Gasteiger partial charge in [0.15, 0.2) is 0 Å². The van der Waals surface area contributed by atoms with Crippen molar-refractivity contribution in [1.82, 2.24) is 9.80 Å². The lowest BCUT2D eigenvalue weighted by atomic mass is 9.99. The number of piperazine rings is 1. The van der Waals surface area contributed by atoms with Gasteiger partial charge in [0.25, 0.3) is 0 Å². The third-order valence-electron chi connectivity index (χ3n) is 4.14. The molecule has 2 N–H and O–H groups in total. The molecular weight excluding hydrogens is 241 g/mol. The summed E-state index contributed by atoms with van der Waals surface area (Å²) < 4.78 is 13.9. The molecule has 1 fully saturated rings. The van der Waals surface area contributed by atoms with Crippen molar-refractivity contribution in [1.29, 1.82) is 0 Å². The lowest BCUT2D eigenvalue weighted by Gasteiger charge is -2.45. The fourth-order valence-corrected chi connectivity index (χ4v) is 2.59. The number of nitrogens with two attached hydrogens (primary N) is 1. The van der Waals surface area contributed by atoms with Crippen LogP contribution >= 0.6 is 0 Å². The topological polar surface area (TPSA) is 32.5 Å². The number of hydrogen-bond acceptors (Lipinski definition) is 3. The number of likely N-dealkylation sites (N-methyl/N-ethyl adjacent to an activating group) is 1. The fraction of sp³-hybridized carbons (Fsp3) is 0.600. The van der Waals surface area contributed by atoms with Crippen molar-refractivity contribution in [2.24, 2.45) is 5.73 Å². The third-order valence-corrected chi connectivity index (χ3v) is 4.14. The first kappa shape index (κ1) is 14.4. The Labute approximate surface area is 115 Å². The van der Waals surface area contributed by atoms with E-state index < -0.39 is 0 Å². The highest BCUT2D eigenvalue weighted by Crippen LogP contribution is 2.21. The second kappa shape index (κ2) is 5.57. The largest absolute Gasteiger partial charge is 0.326 e. The van der Waals surface area contributed by atoms with Gasteiger partial charge >= 0.3 is 0 Å². The normalized spacial score (nSPS) is 20.7. The summed E-state index contributed by atoms with van der Waals surface area (Å²) in [5, 5.41) is 0.